The monoisotopic (exact) mass is 180 g/mol. The van der Waals surface area contributed by atoms with E-state index in [4.69, 9.17) is 5.26 Å². The summed E-state index contributed by atoms with van der Waals surface area (Å²) in [4.78, 5) is 13.3. The Kier molecular flexibility index (Phi) is 3.91. The number of hydrogen-bond donors (Lipinski definition) is 0. The number of nitriles is 1. The lowest BCUT2D eigenvalue weighted by Crippen LogP contribution is -2.36. The molecule has 0 N–H and O–H groups in total. The maximum atomic E-state index is 11.2. The molecule has 1 atom stereocenters. The van der Waals surface area contributed by atoms with Crippen LogP contribution >= 0.6 is 0 Å². The Labute approximate surface area is 79.3 Å². The smallest absolute Gasteiger partial charge is 0.134 e. The lowest BCUT2D eigenvalue weighted by molar-refractivity contribution is -0.121. The minimum Gasteiger partial charge on any atom is -0.302 e. The van der Waals surface area contributed by atoms with Crippen LogP contribution in [0.25, 0.3) is 0 Å². The molecule has 72 valence electrons. The van der Waals surface area contributed by atoms with E-state index >= 15 is 0 Å². The number of nitrogens with zero attached hydrogens (tertiary/aromatic N) is 2. The van der Waals surface area contributed by atoms with Crippen LogP contribution in [0.4, 0.5) is 0 Å². The summed E-state index contributed by atoms with van der Waals surface area (Å²) < 4.78 is 0. The van der Waals surface area contributed by atoms with Gasteiger partial charge in [-0.05, 0) is 19.9 Å². The molecule has 13 heavy (non-hydrogen) atoms. The number of hydrogen-bond acceptors (Lipinski definition) is 3. The summed E-state index contributed by atoms with van der Waals surface area (Å²) in [5, 5.41) is 8.42. The minimum atomic E-state index is 0.375. The Bertz CT molecular complexity index is 219. The first-order valence-corrected chi connectivity index (χ1v) is 4.83. The van der Waals surface area contributed by atoms with Crippen molar-refractivity contribution in [1.82, 2.24) is 4.90 Å². The van der Waals surface area contributed by atoms with Crippen LogP contribution in [-0.2, 0) is 4.79 Å². The van der Waals surface area contributed by atoms with Crippen LogP contribution < -0.4 is 0 Å². The molecule has 0 radical (unpaired) electrons. The van der Waals surface area contributed by atoms with Gasteiger partial charge in [0, 0.05) is 31.8 Å². The summed E-state index contributed by atoms with van der Waals surface area (Å²) in [5.41, 5.74) is 0. The van der Waals surface area contributed by atoms with E-state index in [1.165, 1.54) is 0 Å². The third-order valence-electron chi connectivity index (χ3n) is 2.66. The average Bonchev–Trinajstić information content (AvgIpc) is 2.14. The zero-order chi connectivity index (χ0) is 9.68. The van der Waals surface area contributed by atoms with E-state index in [-0.39, 0.29) is 0 Å². The molecule has 1 saturated carbocycles. The molecule has 0 aromatic heterocycles. The lowest BCUT2D eigenvalue weighted by atomic mass is 9.93. The maximum absolute atomic E-state index is 11.2. The van der Waals surface area contributed by atoms with Gasteiger partial charge in [-0.3, -0.25) is 4.79 Å². The first kappa shape index (κ1) is 10.2. The second kappa shape index (κ2) is 4.98. The molecule has 3 nitrogen and oxygen atoms in total. The van der Waals surface area contributed by atoms with Crippen molar-refractivity contribution in [2.75, 3.05) is 13.6 Å². The Hall–Kier alpha value is -0.880. The summed E-state index contributed by atoms with van der Waals surface area (Å²) in [6.07, 6.45) is 4.11. The molecule has 1 aliphatic rings. The number of carbonyl (C=O) groups is 1. The molecule has 0 aliphatic heterocycles. The van der Waals surface area contributed by atoms with Gasteiger partial charge >= 0.3 is 0 Å². The first-order valence-electron chi connectivity index (χ1n) is 4.83. The van der Waals surface area contributed by atoms with Crippen molar-refractivity contribution in [3.8, 4) is 6.07 Å². The van der Waals surface area contributed by atoms with Crippen molar-refractivity contribution in [3.63, 3.8) is 0 Å². The highest BCUT2D eigenvalue weighted by molar-refractivity contribution is 5.79. The van der Waals surface area contributed by atoms with E-state index in [0.717, 1.165) is 25.8 Å². The lowest BCUT2D eigenvalue weighted by Gasteiger charge is -2.29. The summed E-state index contributed by atoms with van der Waals surface area (Å²) in [6, 6.07) is 2.51. The van der Waals surface area contributed by atoms with Gasteiger partial charge in [0.15, 0.2) is 0 Å². The Morgan fingerprint density at radius 2 is 2.46 bits per heavy atom. The molecule has 0 aromatic carbocycles. The van der Waals surface area contributed by atoms with E-state index in [0.29, 0.717) is 24.7 Å². The molecule has 1 aliphatic carbocycles. The molecule has 0 spiro atoms. The van der Waals surface area contributed by atoms with Gasteiger partial charge in [0.1, 0.15) is 5.78 Å². The van der Waals surface area contributed by atoms with E-state index < -0.39 is 0 Å². The van der Waals surface area contributed by atoms with Gasteiger partial charge in [-0.1, -0.05) is 0 Å². The molecule has 3 heteroatoms. The van der Waals surface area contributed by atoms with E-state index in [2.05, 4.69) is 11.0 Å². The van der Waals surface area contributed by atoms with Crippen LogP contribution in [0.5, 0.6) is 0 Å². The SMILES string of the molecule is CN(CCC#N)C1CCCC(=O)C1. The number of rotatable bonds is 3. The van der Waals surface area contributed by atoms with Crippen LogP contribution in [0, 0.1) is 11.3 Å². The van der Waals surface area contributed by atoms with E-state index in [9.17, 15) is 4.79 Å². The van der Waals surface area contributed by atoms with Crippen molar-refractivity contribution in [2.45, 2.75) is 38.1 Å². The molecule has 1 rings (SSSR count). The van der Waals surface area contributed by atoms with Crippen molar-refractivity contribution in [3.05, 3.63) is 0 Å². The number of Topliss-reactive ketones (excluding diaryl/α,β-unsaturated/α-hetero) is 1. The van der Waals surface area contributed by atoms with Gasteiger partial charge in [-0.25, -0.2) is 0 Å². The molecule has 0 bridgehead atoms. The Morgan fingerprint density at radius 3 is 3.08 bits per heavy atom. The van der Waals surface area contributed by atoms with Gasteiger partial charge in [0.25, 0.3) is 0 Å². The third kappa shape index (κ3) is 3.16. The fourth-order valence-corrected chi connectivity index (χ4v) is 1.79. The van der Waals surface area contributed by atoms with E-state index in [1.807, 2.05) is 7.05 Å². The molecule has 0 heterocycles. The number of ketones is 1. The highest BCUT2D eigenvalue weighted by Crippen LogP contribution is 2.19. The molecule has 0 amide bonds. The molecule has 0 saturated heterocycles. The Balaban J connectivity index is 2.33. The van der Waals surface area contributed by atoms with Crippen LogP contribution in [-0.4, -0.2) is 30.3 Å². The maximum Gasteiger partial charge on any atom is 0.134 e. The summed E-state index contributed by atoms with van der Waals surface area (Å²) in [7, 11) is 2.00. The van der Waals surface area contributed by atoms with E-state index in [1.54, 1.807) is 0 Å². The van der Waals surface area contributed by atoms with Gasteiger partial charge in [-0.2, -0.15) is 5.26 Å². The molecular formula is C10H16N2O. The highest BCUT2D eigenvalue weighted by atomic mass is 16.1. The topological polar surface area (TPSA) is 44.1 Å². The fourth-order valence-electron chi connectivity index (χ4n) is 1.79. The third-order valence-corrected chi connectivity index (χ3v) is 2.66. The normalized spacial score (nSPS) is 23.2. The predicted molar refractivity (Wildman–Crippen MR) is 50.1 cm³/mol. The van der Waals surface area contributed by atoms with Gasteiger partial charge in [-0.15, -0.1) is 0 Å². The Morgan fingerprint density at radius 1 is 1.69 bits per heavy atom. The predicted octanol–water partition coefficient (Wildman–Crippen LogP) is 1.34. The first-order chi connectivity index (χ1) is 6.24. The van der Waals surface area contributed by atoms with Gasteiger partial charge in [0.05, 0.1) is 6.07 Å². The molecule has 1 fully saturated rings. The van der Waals surface area contributed by atoms with Crippen molar-refractivity contribution in [2.24, 2.45) is 0 Å². The summed E-state index contributed by atoms with van der Waals surface area (Å²) in [5.74, 6) is 0.375. The molecule has 0 aromatic rings. The fraction of sp³-hybridized carbons (Fsp3) is 0.800. The number of carbonyl (C=O) groups excluding carboxylic acids is 1. The minimum absolute atomic E-state index is 0.375. The van der Waals surface area contributed by atoms with Crippen LogP contribution in [0.15, 0.2) is 0 Å². The standard InChI is InChI=1S/C10H16N2O/c1-12(7-3-6-11)9-4-2-5-10(13)8-9/h9H,2-5,7-8H2,1H3. The molecular weight excluding hydrogens is 164 g/mol. The summed E-state index contributed by atoms with van der Waals surface area (Å²) in [6.45, 7) is 0.786. The average molecular weight is 180 g/mol. The van der Waals surface area contributed by atoms with Crippen molar-refractivity contribution in [1.29, 1.82) is 5.26 Å². The van der Waals surface area contributed by atoms with Crippen molar-refractivity contribution < 1.29 is 4.79 Å². The van der Waals surface area contributed by atoms with Crippen LogP contribution in [0.2, 0.25) is 0 Å². The van der Waals surface area contributed by atoms with Gasteiger partial charge in [0.2, 0.25) is 0 Å². The second-order valence-electron chi connectivity index (χ2n) is 3.68. The largest absolute Gasteiger partial charge is 0.302 e. The summed E-state index contributed by atoms with van der Waals surface area (Å²) >= 11 is 0. The zero-order valence-corrected chi connectivity index (χ0v) is 8.12. The van der Waals surface area contributed by atoms with Gasteiger partial charge < -0.3 is 4.90 Å². The van der Waals surface area contributed by atoms with Crippen molar-refractivity contribution >= 4 is 5.78 Å². The quantitative estimate of drug-likeness (QED) is 0.658. The molecule has 1 unspecified atom stereocenters. The second-order valence-corrected chi connectivity index (χ2v) is 3.68. The van der Waals surface area contributed by atoms with Crippen LogP contribution in [0.3, 0.4) is 0 Å². The zero-order valence-electron chi connectivity index (χ0n) is 8.12. The highest BCUT2D eigenvalue weighted by Gasteiger charge is 2.22. The van der Waals surface area contributed by atoms with Crippen LogP contribution in [0.1, 0.15) is 32.1 Å².